The Kier molecular flexibility index (Phi) is 4.06. The Balaban J connectivity index is 0.00000147. The number of rotatable bonds is 3. The van der Waals surface area contributed by atoms with E-state index < -0.39 is 5.91 Å². The predicted octanol–water partition coefficient (Wildman–Crippen LogP) is 2.08. The van der Waals surface area contributed by atoms with Crippen molar-refractivity contribution in [3.05, 3.63) is 53.7 Å². The van der Waals surface area contributed by atoms with Gasteiger partial charge in [0.25, 0.3) is 0 Å². The fourth-order valence-electron chi connectivity index (χ4n) is 2.20. The second-order valence-electron chi connectivity index (χ2n) is 4.92. The lowest BCUT2D eigenvalue weighted by molar-refractivity contribution is 0.100. The Hall–Kier alpha value is -1.91. The third kappa shape index (κ3) is 2.81. The van der Waals surface area contributed by atoms with E-state index in [0.29, 0.717) is 17.5 Å². The average Bonchev–Trinajstić information content (AvgIpc) is 3.16. The molecule has 2 aromatic rings. The molecule has 104 valence electrons. The zero-order chi connectivity index (χ0) is 13.4. The van der Waals surface area contributed by atoms with Crippen molar-refractivity contribution in [1.82, 2.24) is 4.98 Å². The van der Waals surface area contributed by atoms with E-state index in [9.17, 15) is 4.79 Å². The Morgan fingerprint density at radius 2 is 1.80 bits per heavy atom. The van der Waals surface area contributed by atoms with Crippen molar-refractivity contribution in [3.8, 4) is 11.3 Å². The van der Waals surface area contributed by atoms with Crippen LogP contribution in [0.5, 0.6) is 0 Å². The zero-order valence-corrected chi connectivity index (χ0v) is 11.6. The summed E-state index contributed by atoms with van der Waals surface area (Å²) >= 11 is 0. The monoisotopic (exact) mass is 289 g/mol. The van der Waals surface area contributed by atoms with E-state index in [0.717, 1.165) is 17.7 Å². The van der Waals surface area contributed by atoms with Crippen molar-refractivity contribution in [2.75, 3.05) is 0 Å². The lowest BCUT2D eigenvalue weighted by Crippen LogP contribution is -2.10. The van der Waals surface area contributed by atoms with Crippen LogP contribution in [0, 0.1) is 0 Å². The lowest BCUT2D eigenvalue weighted by Gasteiger charge is -2.04. The molecule has 4 nitrogen and oxygen atoms in total. The molecule has 5 heteroatoms. The first-order chi connectivity index (χ1) is 9.15. The molecular weight excluding hydrogens is 274 g/mol. The zero-order valence-electron chi connectivity index (χ0n) is 10.8. The summed E-state index contributed by atoms with van der Waals surface area (Å²) in [4.78, 5) is 15.4. The van der Waals surface area contributed by atoms with Crippen LogP contribution in [0.1, 0.15) is 28.3 Å². The molecular formula is C15H16ClN3O. The van der Waals surface area contributed by atoms with Gasteiger partial charge in [0.1, 0.15) is 0 Å². The molecule has 0 bridgehead atoms. The summed E-state index contributed by atoms with van der Waals surface area (Å²) in [5.41, 5.74) is 14.6. The molecule has 4 N–H and O–H groups in total. The molecule has 1 fully saturated rings. The highest BCUT2D eigenvalue weighted by Gasteiger charge is 2.34. The van der Waals surface area contributed by atoms with Crippen molar-refractivity contribution >= 4 is 18.3 Å². The smallest absolute Gasteiger partial charge is 0.248 e. The maximum Gasteiger partial charge on any atom is 0.248 e. The van der Waals surface area contributed by atoms with Gasteiger partial charge in [0.2, 0.25) is 5.91 Å². The molecule has 1 aromatic carbocycles. The minimum Gasteiger partial charge on any atom is -0.366 e. The number of nitrogens with two attached hydrogens (primary N) is 2. The van der Waals surface area contributed by atoms with Gasteiger partial charge in [-0.3, -0.25) is 9.78 Å². The normalized spacial score (nSPS) is 20.1. The number of benzene rings is 1. The minimum absolute atomic E-state index is 0. The molecule has 0 aliphatic heterocycles. The molecule has 0 saturated heterocycles. The van der Waals surface area contributed by atoms with Gasteiger partial charge >= 0.3 is 0 Å². The van der Waals surface area contributed by atoms with Gasteiger partial charge in [-0.25, -0.2) is 0 Å². The SMILES string of the molecule is Cl.NC(=O)c1ccc(-c2ccc([C@H]3C[C@@H]3N)cn2)cc1. The molecule has 0 radical (unpaired) electrons. The Bertz CT molecular complexity index is 610. The first-order valence-corrected chi connectivity index (χ1v) is 6.27. The summed E-state index contributed by atoms with van der Waals surface area (Å²) in [5, 5.41) is 0. The molecule has 0 spiro atoms. The van der Waals surface area contributed by atoms with Crippen molar-refractivity contribution in [3.63, 3.8) is 0 Å². The fraction of sp³-hybridized carbons (Fsp3) is 0.200. The van der Waals surface area contributed by atoms with Gasteiger partial charge in [-0.2, -0.15) is 0 Å². The van der Waals surface area contributed by atoms with Crippen LogP contribution in [0.2, 0.25) is 0 Å². The number of halogens is 1. The predicted molar refractivity (Wildman–Crippen MR) is 80.8 cm³/mol. The lowest BCUT2D eigenvalue weighted by atomic mass is 10.1. The van der Waals surface area contributed by atoms with Gasteiger partial charge < -0.3 is 11.5 Å². The van der Waals surface area contributed by atoms with Crippen molar-refractivity contribution in [2.45, 2.75) is 18.4 Å². The van der Waals surface area contributed by atoms with E-state index in [1.807, 2.05) is 24.4 Å². The largest absolute Gasteiger partial charge is 0.366 e. The average molecular weight is 290 g/mol. The first kappa shape index (κ1) is 14.5. The quantitative estimate of drug-likeness (QED) is 0.907. The third-order valence-electron chi connectivity index (χ3n) is 3.52. The Morgan fingerprint density at radius 1 is 1.15 bits per heavy atom. The summed E-state index contributed by atoms with van der Waals surface area (Å²) in [7, 11) is 0. The number of primary amides is 1. The van der Waals surface area contributed by atoms with Crippen LogP contribution in [-0.4, -0.2) is 16.9 Å². The van der Waals surface area contributed by atoms with Crippen LogP contribution in [0.3, 0.4) is 0 Å². The van der Waals surface area contributed by atoms with Crippen LogP contribution in [0.4, 0.5) is 0 Å². The second kappa shape index (κ2) is 5.61. The number of amides is 1. The van der Waals surface area contributed by atoms with Crippen LogP contribution in [0.15, 0.2) is 42.6 Å². The van der Waals surface area contributed by atoms with E-state index in [1.165, 1.54) is 5.56 Å². The molecule has 0 unspecified atom stereocenters. The van der Waals surface area contributed by atoms with E-state index in [4.69, 9.17) is 11.5 Å². The van der Waals surface area contributed by atoms with Crippen LogP contribution >= 0.6 is 12.4 Å². The highest BCUT2D eigenvalue weighted by Crippen LogP contribution is 2.38. The van der Waals surface area contributed by atoms with Gasteiger partial charge in [-0.1, -0.05) is 18.2 Å². The molecule has 1 aliphatic rings. The first-order valence-electron chi connectivity index (χ1n) is 6.27. The number of aromatic nitrogens is 1. The molecule has 1 aromatic heterocycles. The van der Waals surface area contributed by atoms with Gasteiger partial charge in [-0.15, -0.1) is 12.4 Å². The summed E-state index contributed by atoms with van der Waals surface area (Å²) in [5.74, 6) is 0.0522. The van der Waals surface area contributed by atoms with E-state index in [-0.39, 0.29) is 12.4 Å². The summed E-state index contributed by atoms with van der Waals surface area (Å²) in [6.45, 7) is 0. The number of pyridine rings is 1. The number of carbonyl (C=O) groups is 1. The van der Waals surface area contributed by atoms with E-state index >= 15 is 0 Å². The summed E-state index contributed by atoms with van der Waals surface area (Å²) < 4.78 is 0. The number of hydrogen-bond donors (Lipinski definition) is 2. The highest BCUT2D eigenvalue weighted by molar-refractivity contribution is 5.93. The standard InChI is InChI=1S/C15H15N3O.ClH/c16-13-7-12(13)11-5-6-14(18-8-11)9-1-3-10(4-2-9)15(17)19;/h1-6,8,12-13H,7,16H2,(H2,17,19);1H/t12-,13+;/m1./s1. The van der Waals surface area contributed by atoms with Crippen molar-refractivity contribution < 1.29 is 4.79 Å². The Labute approximate surface area is 123 Å². The van der Waals surface area contributed by atoms with Gasteiger partial charge in [0.15, 0.2) is 0 Å². The number of nitrogens with zero attached hydrogens (tertiary/aromatic N) is 1. The topological polar surface area (TPSA) is 82.0 Å². The van der Waals surface area contributed by atoms with Gasteiger partial charge in [0, 0.05) is 29.3 Å². The van der Waals surface area contributed by atoms with Crippen LogP contribution < -0.4 is 11.5 Å². The minimum atomic E-state index is -0.419. The Morgan fingerprint density at radius 3 is 2.25 bits per heavy atom. The third-order valence-corrected chi connectivity index (χ3v) is 3.52. The molecule has 1 aliphatic carbocycles. The molecule has 1 amide bonds. The molecule has 3 rings (SSSR count). The van der Waals surface area contributed by atoms with Crippen molar-refractivity contribution in [2.24, 2.45) is 11.5 Å². The van der Waals surface area contributed by atoms with Crippen LogP contribution in [-0.2, 0) is 0 Å². The molecule has 2 atom stereocenters. The van der Waals surface area contributed by atoms with Crippen molar-refractivity contribution in [1.29, 1.82) is 0 Å². The van der Waals surface area contributed by atoms with E-state index in [1.54, 1.807) is 12.1 Å². The fourth-order valence-corrected chi connectivity index (χ4v) is 2.20. The van der Waals surface area contributed by atoms with E-state index in [2.05, 4.69) is 11.1 Å². The number of carbonyl (C=O) groups excluding carboxylic acids is 1. The summed E-state index contributed by atoms with van der Waals surface area (Å²) in [6, 6.07) is 11.5. The maximum absolute atomic E-state index is 11.0. The van der Waals surface area contributed by atoms with Gasteiger partial charge in [0.05, 0.1) is 5.69 Å². The van der Waals surface area contributed by atoms with Gasteiger partial charge in [-0.05, 0) is 30.2 Å². The van der Waals surface area contributed by atoms with Crippen LogP contribution in [0.25, 0.3) is 11.3 Å². The summed E-state index contributed by atoms with van der Waals surface area (Å²) in [6.07, 6.45) is 2.93. The maximum atomic E-state index is 11.0. The second-order valence-corrected chi connectivity index (χ2v) is 4.92. The molecule has 1 heterocycles. The number of hydrogen-bond acceptors (Lipinski definition) is 3. The molecule has 20 heavy (non-hydrogen) atoms. The molecule has 1 saturated carbocycles. The highest BCUT2D eigenvalue weighted by atomic mass is 35.5.